The van der Waals surface area contributed by atoms with Crippen molar-refractivity contribution in [1.82, 2.24) is 4.90 Å². The molecule has 1 unspecified atom stereocenters. The Labute approximate surface area is 109 Å². The third-order valence-corrected chi connectivity index (χ3v) is 2.98. The summed E-state index contributed by atoms with van der Waals surface area (Å²) in [7, 11) is 3.35. The van der Waals surface area contributed by atoms with Gasteiger partial charge >= 0.3 is 0 Å². The molecule has 3 nitrogen and oxygen atoms in total. The molecule has 18 heavy (non-hydrogen) atoms. The first-order valence-corrected chi connectivity index (χ1v) is 6.15. The molecule has 96 valence electrons. The van der Waals surface area contributed by atoms with Crippen molar-refractivity contribution in [3.8, 4) is 6.07 Å². The van der Waals surface area contributed by atoms with Crippen LogP contribution in [-0.2, 0) is 11.2 Å². The molecule has 0 radical (unpaired) electrons. The molecule has 0 bridgehead atoms. The van der Waals surface area contributed by atoms with Crippen LogP contribution >= 0.6 is 0 Å². The van der Waals surface area contributed by atoms with E-state index in [2.05, 4.69) is 32.0 Å². The van der Waals surface area contributed by atoms with E-state index < -0.39 is 5.92 Å². The minimum atomic E-state index is -0.593. The van der Waals surface area contributed by atoms with Gasteiger partial charge in [-0.15, -0.1) is 0 Å². The first kappa shape index (κ1) is 14.2. The summed E-state index contributed by atoms with van der Waals surface area (Å²) in [6, 6.07) is 10.2. The monoisotopic (exact) mass is 244 g/mol. The van der Waals surface area contributed by atoms with Crippen LogP contribution in [0.3, 0.4) is 0 Å². The van der Waals surface area contributed by atoms with E-state index >= 15 is 0 Å². The van der Waals surface area contributed by atoms with E-state index in [1.54, 1.807) is 14.1 Å². The van der Waals surface area contributed by atoms with Crippen LogP contribution in [0.2, 0.25) is 0 Å². The van der Waals surface area contributed by atoms with Crippen LogP contribution < -0.4 is 0 Å². The van der Waals surface area contributed by atoms with Crippen molar-refractivity contribution in [3.05, 3.63) is 35.4 Å². The molecule has 1 rings (SSSR count). The number of nitriles is 1. The number of rotatable bonds is 4. The van der Waals surface area contributed by atoms with Crippen LogP contribution in [-0.4, -0.2) is 24.9 Å². The molecule has 0 saturated heterocycles. The molecule has 0 fully saturated rings. The standard InChI is InChI=1S/C15H20N2O/c1-11(2)13-7-5-12(6-8-13)9-14(10-16)15(18)17(3)4/h5-8,11,14H,9H2,1-4H3. The molecule has 0 saturated carbocycles. The van der Waals surface area contributed by atoms with Gasteiger partial charge in [-0.1, -0.05) is 38.1 Å². The predicted molar refractivity (Wildman–Crippen MR) is 72.0 cm³/mol. The number of hydrogen-bond donors (Lipinski definition) is 0. The molecule has 1 atom stereocenters. The van der Waals surface area contributed by atoms with Gasteiger partial charge in [0.15, 0.2) is 0 Å². The lowest BCUT2D eigenvalue weighted by Gasteiger charge is -2.15. The Balaban J connectivity index is 2.77. The second-order valence-electron chi connectivity index (χ2n) is 5.01. The Hall–Kier alpha value is -1.82. The Bertz CT molecular complexity index is 441. The van der Waals surface area contributed by atoms with Crippen LogP contribution in [0.1, 0.15) is 30.9 Å². The highest BCUT2D eigenvalue weighted by atomic mass is 16.2. The van der Waals surface area contributed by atoms with E-state index in [1.807, 2.05) is 12.1 Å². The topological polar surface area (TPSA) is 44.1 Å². The summed E-state index contributed by atoms with van der Waals surface area (Å²) in [6.45, 7) is 4.28. The van der Waals surface area contributed by atoms with Crippen LogP contribution in [0.4, 0.5) is 0 Å². The largest absolute Gasteiger partial charge is 0.348 e. The van der Waals surface area contributed by atoms with Gasteiger partial charge in [-0.2, -0.15) is 5.26 Å². The normalized spacial score (nSPS) is 12.0. The number of benzene rings is 1. The highest BCUT2D eigenvalue weighted by Crippen LogP contribution is 2.17. The molecule has 1 aromatic carbocycles. The van der Waals surface area contributed by atoms with Crippen molar-refractivity contribution in [2.75, 3.05) is 14.1 Å². The van der Waals surface area contributed by atoms with Crippen LogP contribution in [0.25, 0.3) is 0 Å². The van der Waals surface area contributed by atoms with Crippen molar-refractivity contribution < 1.29 is 4.79 Å². The Morgan fingerprint density at radius 1 is 1.28 bits per heavy atom. The van der Waals surface area contributed by atoms with Crippen molar-refractivity contribution >= 4 is 5.91 Å². The first-order chi connectivity index (χ1) is 8.45. The summed E-state index contributed by atoms with van der Waals surface area (Å²) in [5.41, 5.74) is 2.30. The molecule has 0 aliphatic carbocycles. The Kier molecular flexibility index (Phi) is 4.91. The number of hydrogen-bond acceptors (Lipinski definition) is 2. The second-order valence-corrected chi connectivity index (χ2v) is 5.01. The van der Waals surface area contributed by atoms with Gasteiger partial charge in [0.05, 0.1) is 6.07 Å². The van der Waals surface area contributed by atoms with Crippen molar-refractivity contribution in [3.63, 3.8) is 0 Å². The highest BCUT2D eigenvalue weighted by Gasteiger charge is 2.19. The first-order valence-electron chi connectivity index (χ1n) is 6.15. The van der Waals surface area contributed by atoms with Crippen LogP contribution in [0.15, 0.2) is 24.3 Å². The molecule has 0 N–H and O–H groups in total. The van der Waals surface area contributed by atoms with E-state index in [1.165, 1.54) is 10.5 Å². The zero-order valence-electron chi connectivity index (χ0n) is 11.5. The van der Waals surface area contributed by atoms with Gasteiger partial charge < -0.3 is 4.90 Å². The summed E-state index contributed by atoms with van der Waals surface area (Å²) in [5, 5.41) is 9.05. The number of carbonyl (C=O) groups is 1. The van der Waals surface area contributed by atoms with E-state index in [-0.39, 0.29) is 5.91 Å². The van der Waals surface area contributed by atoms with E-state index in [0.717, 1.165) is 5.56 Å². The fourth-order valence-electron chi connectivity index (χ4n) is 1.77. The third kappa shape index (κ3) is 3.59. The summed E-state index contributed by atoms with van der Waals surface area (Å²) in [5.74, 6) is -0.232. The van der Waals surface area contributed by atoms with Gasteiger partial charge in [0, 0.05) is 14.1 Å². The second kappa shape index (κ2) is 6.20. The van der Waals surface area contributed by atoms with Crippen molar-refractivity contribution in [2.45, 2.75) is 26.2 Å². The molecule has 1 amide bonds. The quantitative estimate of drug-likeness (QED) is 0.817. The average Bonchev–Trinajstić information content (AvgIpc) is 2.35. The fraction of sp³-hybridized carbons (Fsp3) is 0.467. The Morgan fingerprint density at radius 3 is 2.22 bits per heavy atom. The smallest absolute Gasteiger partial charge is 0.239 e. The molecule has 0 aromatic heterocycles. The maximum absolute atomic E-state index is 11.8. The number of amides is 1. The summed E-state index contributed by atoms with van der Waals surface area (Å²) in [4.78, 5) is 13.2. The number of nitrogens with zero attached hydrogens (tertiary/aromatic N) is 2. The van der Waals surface area contributed by atoms with E-state index in [0.29, 0.717) is 12.3 Å². The van der Waals surface area contributed by atoms with Gasteiger partial charge in [0.25, 0.3) is 0 Å². The minimum Gasteiger partial charge on any atom is -0.348 e. The third-order valence-electron chi connectivity index (χ3n) is 2.98. The van der Waals surface area contributed by atoms with Gasteiger partial charge in [-0.3, -0.25) is 4.79 Å². The molecule has 0 spiro atoms. The van der Waals surface area contributed by atoms with Crippen LogP contribution in [0, 0.1) is 17.2 Å². The lowest BCUT2D eigenvalue weighted by atomic mass is 9.96. The maximum atomic E-state index is 11.8. The van der Waals surface area contributed by atoms with E-state index in [4.69, 9.17) is 5.26 Å². The van der Waals surface area contributed by atoms with Crippen molar-refractivity contribution in [2.24, 2.45) is 5.92 Å². The van der Waals surface area contributed by atoms with Gasteiger partial charge in [0.1, 0.15) is 5.92 Å². The zero-order valence-corrected chi connectivity index (χ0v) is 11.5. The van der Waals surface area contributed by atoms with E-state index in [9.17, 15) is 4.79 Å². The van der Waals surface area contributed by atoms with Gasteiger partial charge in [-0.05, 0) is 23.5 Å². The zero-order chi connectivity index (χ0) is 13.7. The van der Waals surface area contributed by atoms with Gasteiger partial charge in [-0.25, -0.2) is 0 Å². The molecule has 0 aliphatic heterocycles. The Morgan fingerprint density at radius 2 is 1.83 bits per heavy atom. The highest BCUT2D eigenvalue weighted by molar-refractivity contribution is 5.81. The fourth-order valence-corrected chi connectivity index (χ4v) is 1.77. The lowest BCUT2D eigenvalue weighted by molar-refractivity contribution is -0.131. The maximum Gasteiger partial charge on any atom is 0.239 e. The number of carbonyl (C=O) groups excluding carboxylic acids is 1. The predicted octanol–water partition coefficient (Wildman–Crippen LogP) is 2.58. The van der Waals surface area contributed by atoms with Crippen molar-refractivity contribution in [1.29, 1.82) is 5.26 Å². The summed E-state index contributed by atoms with van der Waals surface area (Å²) in [6.07, 6.45) is 0.478. The SMILES string of the molecule is CC(C)c1ccc(CC(C#N)C(=O)N(C)C)cc1. The molecule has 1 aromatic rings. The minimum absolute atomic E-state index is 0.134. The lowest BCUT2D eigenvalue weighted by Crippen LogP contribution is -2.30. The summed E-state index contributed by atoms with van der Waals surface area (Å²) >= 11 is 0. The molecule has 3 heteroatoms. The molecule has 0 aliphatic rings. The molecule has 0 heterocycles. The molecular weight excluding hydrogens is 224 g/mol. The molecular formula is C15H20N2O. The summed E-state index contributed by atoms with van der Waals surface area (Å²) < 4.78 is 0. The van der Waals surface area contributed by atoms with Gasteiger partial charge in [0.2, 0.25) is 5.91 Å². The average molecular weight is 244 g/mol. The van der Waals surface area contributed by atoms with Crippen LogP contribution in [0.5, 0.6) is 0 Å².